The number of nitrogens with two attached hydrogens (primary N) is 1. The van der Waals surface area contributed by atoms with Gasteiger partial charge >= 0.3 is 0 Å². The maximum absolute atomic E-state index is 12.1. The number of benzene rings is 2. The van der Waals surface area contributed by atoms with Gasteiger partial charge in [-0.05, 0) is 35.9 Å². The summed E-state index contributed by atoms with van der Waals surface area (Å²) < 4.78 is 10.6. The summed E-state index contributed by atoms with van der Waals surface area (Å²) >= 11 is 0. The van der Waals surface area contributed by atoms with Gasteiger partial charge in [0.05, 0.1) is 13.7 Å². The Morgan fingerprint density at radius 3 is 2.45 bits per heavy atom. The fourth-order valence-electron chi connectivity index (χ4n) is 2.02. The molecule has 2 aromatic carbocycles. The van der Waals surface area contributed by atoms with Crippen molar-refractivity contribution in [2.75, 3.05) is 20.3 Å². The smallest absolute Gasteiger partial charge is 0.251 e. The molecule has 0 aromatic heterocycles. The molecule has 0 aliphatic carbocycles. The molecule has 2 rings (SSSR count). The van der Waals surface area contributed by atoms with E-state index in [1.165, 1.54) is 0 Å². The first-order valence-electron chi connectivity index (χ1n) is 7.07. The van der Waals surface area contributed by atoms with Crippen molar-refractivity contribution < 1.29 is 14.3 Å². The Labute approximate surface area is 130 Å². The van der Waals surface area contributed by atoms with Crippen LogP contribution in [0.4, 0.5) is 0 Å². The van der Waals surface area contributed by atoms with E-state index in [0.717, 1.165) is 17.1 Å². The summed E-state index contributed by atoms with van der Waals surface area (Å²) in [5.74, 6) is 1.37. The molecule has 1 amide bonds. The lowest BCUT2D eigenvalue weighted by Gasteiger charge is -2.10. The Kier molecular flexibility index (Phi) is 5.80. The minimum Gasteiger partial charge on any atom is -0.497 e. The molecular formula is C17H20N2O3. The van der Waals surface area contributed by atoms with Crippen LogP contribution >= 0.6 is 0 Å². The molecule has 5 heteroatoms. The standard InChI is InChI=1S/C17H20N2O3/c1-21-14-6-8-15(9-7-14)22-11-10-19-17(20)16-5-3-2-4-13(16)12-18/h2-9H,10-12,18H2,1H3,(H,19,20). The molecule has 0 saturated heterocycles. The zero-order chi connectivity index (χ0) is 15.8. The van der Waals surface area contributed by atoms with Crippen molar-refractivity contribution in [3.05, 3.63) is 59.7 Å². The molecule has 5 nitrogen and oxygen atoms in total. The van der Waals surface area contributed by atoms with Crippen LogP contribution in [-0.4, -0.2) is 26.2 Å². The van der Waals surface area contributed by atoms with Crippen molar-refractivity contribution in [2.24, 2.45) is 5.73 Å². The van der Waals surface area contributed by atoms with Gasteiger partial charge in [0.1, 0.15) is 18.1 Å². The second-order valence-corrected chi connectivity index (χ2v) is 4.64. The van der Waals surface area contributed by atoms with E-state index in [9.17, 15) is 4.79 Å². The summed E-state index contributed by atoms with van der Waals surface area (Å²) in [6.07, 6.45) is 0. The van der Waals surface area contributed by atoms with Crippen LogP contribution in [0.2, 0.25) is 0 Å². The van der Waals surface area contributed by atoms with Crippen molar-refractivity contribution >= 4 is 5.91 Å². The highest BCUT2D eigenvalue weighted by Gasteiger charge is 2.08. The zero-order valence-electron chi connectivity index (χ0n) is 12.5. The highest BCUT2D eigenvalue weighted by molar-refractivity contribution is 5.95. The average molecular weight is 300 g/mol. The third kappa shape index (κ3) is 4.23. The first-order chi connectivity index (χ1) is 10.7. The van der Waals surface area contributed by atoms with Crippen molar-refractivity contribution in [3.8, 4) is 11.5 Å². The molecule has 0 heterocycles. The number of ether oxygens (including phenoxy) is 2. The summed E-state index contributed by atoms with van der Waals surface area (Å²) in [4.78, 5) is 12.1. The van der Waals surface area contributed by atoms with Gasteiger partial charge in [-0.2, -0.15) is 0 Å². The fraction of sp³-hybridized carbons (Fsp3) is 0.235. The monoisotopic (exact) mass is 300 g/mol. The SMILES string of the molecule is COc1ccc(OCCNC(=O)c2ccccc2CN)cc1. The molecule has 0 spiro atoms. The van der Waals surface area contributed by atoms with Gasteiger partial charge in [-0.1, -0.05) is 18.2 Å². The predicted molar refractivity (Wildman–Crippen MR) is 85.2 cm³/mol. The van der Waals surface area contributed by atoms with Crippen molar-refractivity contribution in [1.29, 1.82) is 0 Å². The molecule has 2 aromatic rings. The summed E-state index contributed by atoms with van der Waals surface area (Å²) in [6.45, 7) is 1.15. The Morgan fingerprint density at radius 1 is 1.09 bits per heavy atom. The van der Waals surface area contributed by atoms with Crippen LogP contribution < -0.4 is 20.5 Å². The number of hydrogen-bond acceptors (Lipinski definition) is 4. The predicted octanol–water partition coefficient (Wildman–Crippen LogP) is 1.96. The van der Waals surface area contributed by atoms with E-state index in [1.54, 1.807) is 13.2 Å². The lowest BCUT2D eigenvalue weighted by molar-refractivity contribution is 0.0946. The number of rotatable bonds is 7. The van der Waals surface area contributed by atoms with Gasteiger partial charge in [-0.15, -0.1) is 0 Å². The summed E-state index contributed by atoms with van der Waals surface area (Å²) in [5, 5.41) is 2.82. The Balaban J connectivity index is 1.79. The molecule has 0 aliphatic rings. The van der Waals surface area contributed by atoms with Gasteiger partial charge in [0.2, 0.25) is 0 Å². The van der Waals surface area contributed by atoms with Gasteiger partial charge in [-0.25, -0.2) is 0 Å². The van der Waals surface area contributed by atoms with E-state index in [4.69, 9.17) is 15.2 Å². The van der Waals surface area contributed by atoms with Crippen LogP contribution in [0.15, 0.2) is 48.5 Å². The quantitative estimate of drug-likeness (QED) is 0.767. The van der Waals surface area contributed by atoms with Crippen molar-refractivity contribution in [3.63, 3.8) is 0 Å². The van der Waals surface area contributed by atoms with Gasteiger partial charge in [0.25, 0.3) is 5.91 Å². The molecule has 3 N–H and O–H groups in total. The summed E-state index contributed by atoms with van der Waals surface area (Å²) in [6, 6.07) is 14.6. The first kappa shape index (κ1) is 15.9. The van der Waals surface area contributed by atoms with Gasteiger partial charge in [-0.3, -0.25) is 4.79 Å². The Morgan fingerprint density at radius 2 is 1.77 bits per heavy atom. The van der Waals surface area contributed by atoms with Crippen LogP contribution in [0.25, 0.3) is 0 Å². The number of hydrogen-bond donors (Lipinski definition) is 2. The lowest BCUT2D eigenvalue weighted by Crippen LogP contribution is -2.29. The molecule has 0 radical (unpaired) electrons. The first-order valence-corrected chi connectivity index (χ1v) is 7.07. The number of carbonyl (C=O) groups excluding carboxylic acids is 1. The van der Waals surface area contributed by atoms with E-state index >= 15 is 0 Å². The number of methoxy groups -OCH3 is 1. The van der Waals surface area contributed by atoms with E-state index in [-0.39, 0.29) is 5.91 Å². The van der Waals surface area contributed by atoms with Crippen LogP contribution in [0.1, 0.15) is 15.9 Å². The van der Waals surface area contributed by atoms with Crippen molar-refractivity contribution in [2.45, 2.75) is 6.54 Å². The largest absolute Gasteiger partial charge is 0.497 e. The third-order valence-corrected chi connectivity index (χ3v) is 3.20. The van der Waals surface area contributed by atoms with E-state index in [1.807, 2.05) is 42.5 Å². The van der Waals surface area contributed by atoms with Crippen LogP contribution in [0.3, 0.4) is 0 Å². The fourth-order valence-corrected chi connectivity index (χ4v) is 2.02. The van der Waals surface area contributed by atoms with Gasteiger partial charge < -0.3 is 20.5 Å². The molecule has 0 unspecified atom stereocenters. The minimum absolute atomic E-state index is 0.139. The molecule has 0 aliphatic heterocycles. The van der Waals surface area contributed by atoms with Crippen LogP contribution in [0.5, 0.6) is 11.5 Å². The third-order valence-electron chi connectivity index (χ3n) is 3.20. The van der Waals surface area contributed by atoms with Gasteiger partial charge in [0, 0.05) is 12.1 Å². The van der Waals surface area contributed by atoms with Crippen LogP contribution in [0, 0.1) is 0 Å². The summed E-state index contributed by atoms with van der Waals surface area (Å²) in [7, 11) is 1.62. The van der Waals surface area contributed by atoms with Crippen LogP contribution in [-0.2, 0) is 6.54 Å². The average Bonchev–Trinajstić information content (AvgIpc) is 2.59. The second-order valence-electron chi connectivity index (χ2n) is 4.64. The normalized spacial score (nSPS) is 10.1. The molecule has 0 fully saturated rings. The molecule has 22 heavy (non-hydrogen) atoms. The topological polar surface area (TPSA) is 73.6 Å². The second kappa shape index (κ2) is 8.05. The van der Waals surface area contributed by atoms with E-state index in [0.29, 0.717) is 25.3 Å². The maximum Gasteiger partial charge on any atom is 0.251 e. The van der Waals surface area contributed by atoms with E-state index in [2.05, 4.69) is 5.32 Å². The Hall–Kier alpha value is -2.53. The highest BCUT2D eigenvalue weighted by Crippen LogP contribution is 2.16. The van der Waals surface area contributed by atoms with Crippen molar-refractivity contribution in [1.82, 2.24) is 5.32 Å². The molecule has 116 valence electrons. The number of carbonyl (C=O) groups is 1. The van der Waals surface area contributed by atoms with Gasteiger partial charge in [0.15, 0.2) is 0 Å². The maximum atomic E-state index is 12.1. The number of nitrogens with one attached hydrogen (secondary N) is 1. The lowest BCUT2D eigenvalue weighted by atomic mass is 10.1. The molecular weight excluding hydrogens is 280 g/mol. The van der Waals surface area contributed by atoms with E-state index < -0.39 is 0 Å². The molecule has 0 saturated carbocycles. The minimum atomic E-state index is -0.139. The molecule has 0 bridgehead atoms. The number of amides is 1. The summed E-state index contributed by atoms with van der Waals surface area (Å²) in [5.41, 5.74) is 7.06. The highest BCUT2D eigenvalue weighted by atomic mass is 16.5. The zero-order valence-corrected chi connectivity index (χ0v) is 12.5. The Bertz CT molecular complexity index is 612. The molecule has 0 atom stereocenters.